The summed E-state index contributed by atoms with van der Waals surface area (Å²) in [6.07, 6.45) is 0.895. The summed E-state index contributed by atoms with van der Waals surface area (Å²) in [5.41, 5.74) is 2.95. The Hall–Kier alpha value is -2.25. The fraction of sp³-hybridized carbons (Fsp3) is 0.350. The van der Waals surface area contributed by atoms with Crippen molar-refractivity contribution in [2.24, 2.45) is 0 Å². The summed E-state index contributed by atoms with van der Waals surface area (Å²) in [5.74, 6) is 1.86. The minimum Gasteiger partial charge on any atom is -0.496 e. The number of nitrogens with zero attached hydrogens (tertiary/aromatic N) is 1. The second kappa shape index (κ2) is 8.63. The Bertz CT molecular complexity index is 841. The highest BCUT2D eigenvalue weighted by Gasteiger charge is 2.20. The number of hydrogen-bond acceptors (Lipinski definition) is 5. The molecule has 0 spiro atoms. The van der Waals surface area contributed by atoms with Gasteiger partial charge in [0.2, 0.25) is 0 Å². The highest BCUT2D eigenvalue weighted by atomic mass is 79.9. The van der Waals surface area contributed by atoms with E-state index in [4.69, 9.17) is 14.2 Å². The Kier molecular flexibility index (Phi) is 6.23. The van der Waals surface area contributed by atoms with Crippen LogP contribution in [-0.2, 0) is 13.0 Å². The van der Waals surface area contributed by atoms with E-state index < -0.39 is 0 Å². The molecule has 27 heavy (non-hydrogen) atoms. The molecule has 2 aromatic rings. The van der Waals surface area contributed by atoms with Crippen LogP contribution in [0.4, 0.5) is 0 Å². The molecule has 0 fully saturated rings. The van der Waals surface area contributed by atoms with Gasteiger partial charge in [-0.1, -0.05) is 15.9 Å². The zero-order valence-corrected chi connectivity index (χ0v) is 17.3. The highest BCUT2D eigenvalue weighted by molar-refractivity contribution is 9.10. The number of nitrogens with one attached hydrogen (secondary N) is 1. The molecule has 1 amide bonds. The van der Waals surface area contributed by atoms with Gasteiger partial charge in [-0.2, -0.15) is 0 Å². The second-order valence-corrected chi connectivity index (χ2v) is 7.20. The Morgan fingerprint density at radius 1 is 1.04 bits per heavy atom. The zero-order valence-electron chi connectivity index (χ0n) is 15.7. The van der Waals surface area contributed by atoms with E-state index in [1.165, 1.54) is 11.1 Å². The quantitative estimate of drug-likeness (QED) is 0.755. The molecular formula is C20H23BrN2O4. The second-order valence-electron chi connectivity index (χ2n) is 6.29. The van der Waals surface area contributed by atoms with Crippen molar-refractivity contribution < 1.29 is 19.0 Å². The van der Waals surface area contributed by atoms with Gasteiger partial charge in [-0.05, 0) is 47.9 Å². The molecule has 1 heterocycles. The van der Waals surface area contributed by atoms with Gasteiger partial charge in [0.15, 0.2) is 11.5 Å². The molecule has 0 aromatic heterocycles. The number of hydrogen-bond donors (Lipinski definition) is 1. The lowest BCUT2D eigenvalue weighted by atomic mass is 9.99. The topological polar surface area (TPSA) is 60.0 Å². The normalized spacial score (nSPS) is 13.6. The van der Waals surface area contributed by atoms with Gasteiger partial charge >= 0.3 is 0 Å². The lowest BCUT2D eigenvalue weighted by molar-refractivity contribution is 0.0914. The smallest absolute Gasteiger partial charge is 0.256 e. The van der Waals surface area contributed by atoms with Crippen LogP contribution >= 0.6 is 15.9 Å². The van der Waals surface area contributed by atoms with Crippen LogP contribution in [0.1, 0.15) is 21.5 Å². The largest absolute Gasteiger partial charge is 0.496 e. The first kappa shape index (κ1) is 19.5. The molecule has 0 saturated heterocycles. The van der Waals surface area contributed by atoms with Crippen LogP contribution in [0.25, 0.3) is 0 Å². The van der Waals surface area contributed by atoms with Crippen LogP contribution in [0, 0.1) is 0 Å². The van der Waals surface area contributed by atoms with Gasteiger partial charge in [0.25, 0.3) is 5.91 Å². The minimum absolute atomic E-state index is 0.161. The van der Waals surface area contributed by atoms with Crippen molar-refractivity contribution in [2.45, 2.75) is 13.0 Å². The summed E-state index contributed by atoms with van der Waals surface area (Å²) in [6, 6.07) is 9.43. The molecule has 1 aliphatic heterocycles. The first-order chi connectivity index (χ1) is 13.0. The van der Waals surface area contributed by atoms with E-state index in [0.29, 0.717) is 18.0 Å². The minimum atomic E-state index is -0.161. The molecule has 1 N–H and O–H groups in total. The predicted octanol–water partition coefficient (Wildman–Crippen LogP) is 3.22. The molecule has 2 aromatic carbocycles. The molecule has 0 saturated carbocycles. The van der Waals surface area contributed by atoms with E-state index in [0.717, 1.165) is 35.5 Å². The lowest BCUT2D eigenvalue weighted by Gasteiger charge is -2.29. The first-order valence-corrected chi connectivity index (χ1v) is 9.43. The van der Waals surface area contributed by atoms with Gasteiger partial charge in [0.1, 0.15) is 5.75 Å². The number of carbonyl (C=O) groups excluding carboxylic acids is 1. The number of methoxy groups -OCH3 is 3. The molecular weight excluding hydrogens is 412 g/mol. The Labute approximate surface area is 167 Å². The van der Waals surface area contributed by atoms with Crippen molar-refractivity contribution in [2.75, 3.05) is 34.5 Å². The van der Waals surface area contributed by atoms with Gasteiger partial charge in [-0.15, -0.1) is 0 Å². The highest BCUT2D eigenvalue weighted by Crippen LogP contribution is 2.33. The van der Waals surface area contributed by atoms with Crippen molar-refractivity contribution >= 4 is 21.8 Å². The van der Waals surface area contributed by atoms with E-state index in [-0.39, 0.29) is 5.91 Å². The van der Waals surface area contributed by atoms with Gasteiger partial charge in [0.05, 0.1) is 33.6 Å². The summed E-state index contributed by atoms with van der Waals surface area (Å²) in [6.45, 7) is 2.06. The summed E-state index contributed by atoms with van der Waals surface area (Å²) in [7, 11) is 4.84. The van der Waals surface area contributed by atoms with E-state index in [1.54, 1.807) is 33.5 Å². The van der Waals surface area contributed by atoms with Crippen molar-refractivity contribution in [3.63, 3.8) is 0 Å². The van der Waals surface area contributed by atoms with Gasteiger partial charge < -0.3 is 19.5 Å². The summed E-state index contributed by atoms with van der Waals surface area (Å²) < 4.78 is 16.9. The molecule has 144 valence electrons. The molecule has 0 aliphatic carbocycles. The molecule has 1 aliphatic rings. The Balaban J connectivity index is 1.67. The van der Waals surface area contributed by atoms with E-state index in [2.05, 4.69) is 26.1 Å². The Morgan fingerprint density at radius 3 is 2.37 bits per heavy atom. The van der Waals surface area contributed by atoms with Crippen LogP contribution < -0.4 is 19.5 Å². The van der Waals surface area contributed by atoms with Crippen LogP contribution in [0.3, 0.4) is 0 Å². The maximum absolute atomic E-state index is 12.6. The predicted molar refractivity (Wildman–Crippen MR) is 107 cm³/mol. The third-order valence-corrected chi connectivity index (χ3v) is 5.16. The fourth-order valence-electron chi connectivity index (χ4n) is 3.21. The number of amides is 1. The number of rotatable bonds is 6. The Morgan fingerprint density at radius 2 is 1.70 bits per heavy atom. The van der Waals surface area contributed by atoms with Crippen LogP contribution in [0.15, 0.2) is 34.8 Å². The number of carbonyl (C=O) groups is 1. The number of fused-ring (bicyclic) bond motifs is 1. The van der Waals surface area contributed by atoms with Gasteiger partial charge in [-0.25, -0.2) is 0 Å². The maximum atomic E-state index is 12.6. The summed E-state index contributed by atoms with van der Waals surface area (Å²) in [5, 5.41) is 2.98. The summed E-state index contributed by atoms with van der Waals surface area (Å²) in [4.78, 5) is 14.8. The SMILES string of the molecule is COc1cc2c(cc1OC)CN(CNC(=O)c1cc(Br)ccc1OC)CC2. The van der Waals surface area contributed by atoms with Gasteiger partial charge in [-0.3, -0.25) is 9.69 Å². The lowest BCUT2D eigenvalue weighted by Crippen LogP contribution is -2.40. The van der Waals surface area contributed by atoms with E-state index in [1.807, 2.05) is 18.2 Å². The standard InChI is InChI=1S/C20H23BrN2O4/c1-25-17-5-4-15(21)10-16(17)20(24)22-12-23-7-6-13-8-18(26-2)19(27-3)9-14(13)11-23/h4-5,8-10H,6-7,11-12H2,1-3H3,(H,22,24). The van der Waals surface area contributed by atoms with Gasteiger partial charge in [0, 0.05) is 17.6 Å². The van der Waals surface area contributed by atoms with Crippen molar-refractivity contribution in [1.82, 2.24) is 10.2 Å². The van der Waals surface area contributed by atoms with Crippen molar-refractivity contribution in [3.8, 4) is 17.2 Å². The third-order valence-electron chi connectivity index (χ3n) is 4.67. The van der Waals surface area contributed by atoms with Crippen LogP contribution in [0.2, 0.25) is 0 Å². The average molecular weight is 435 g/mol. The van der Waals surface area contributed by atoms with Crippen LogP contribution in [0.5, 0.6) is 17.2 Å². The number of ether oxygens (including phenoxy) is 3. The molecule has 0 unspecified atom stereocenters. The zero-order chi connectivity index (χ0) is 19.4. The van der Waals surface area contributed by atoms with Crippen molar-refractivity contribution in [3.05, 3.63) is 51.5 Å². The van der Waals surface area contributed by atoms with Crippen LogP contribution in [-0.4, -0.2) is 45.3 Å². The maximum Gasteiger partial charge on any atom is 0.256 e. The monoisotopic (exact) mass is 434 g/mol. The molecule has 7 heteroatoms. The van der Waals surface area contributed by atoms with Crippen molar-refractivity contribution in [1.29, 1.82) is 0 Å². The number of halogens is 1. The first-order valence-electron chi connectivity index (χ1n) is 8.63. The molecule has 0 radical (unpaired) electrons. The fourth-order valence-corrected chi connectivity index (χ4v) is 3.57. The average Bonchev–Trinajstić information content (AvgIpc) is 2.70. The van der Waals surface area contributed by atoms with E-state index >= 15 is 0 Å². The molecule has 0 atom stereocenters. The van der Waals surface area contributed by atoms with E-state index in [9.17, 15) is 4.79 Å². The molecule has 0 bridgehead atoms. The summed E-state index contributed by atoms with van der Waals surface area (Å²) >= 11 is 3.40. The molecule has 3 rings (SSSR count). The third kappa shape index (κ3) is 4.36. The molecule has 6 nitrogen and oxygen atoms in total. The number of benzene rings is 2.